The molecule has 31 heavy (non-hydrogen) atoms. The standard InChI is InChI=1S/C23H23N3O5/c1-13(2)22(15-4-6-18-20(10-15)29-8-7-28-18)24-23(27)17-11-16(25-26-17)14-3-5-19-21(9-14)31-12-30-19/h3-6,9-11,13,22H,7-8,12H2,1-2H3,(H,24,27)(H,25,26)/t22-/m0/s1. The van der Waals surface area contributed by atoms with Crippen LogP contribution >= 0.6 is 0 Å². The average molecular weight is 421 g/mol. The molecule has 3 heterocycles. The van der Waals surface area contributed by atoms with E-state index in [-0.39, 0.29) is 24.7 Å². The summed E-state index contributed by atoms with van der Waals surface area (Å²) in [4.78, 5) is 13.0. The number of aromatic nitrogens is 2. The Kier molecular flexibility index (Phi) is 4.89. The Morgan fingerprint density at radius 1 is 0.935 bits per heavy atom. The van der Waals surface area contributed by atoms with Crippen molar-refractivity contribution >= 4 is 5.91 Å². The Labute approximate surface area is 179 Å². The van der Waals surface area contributed by atoms with Gasteiger partial charge >= 0.3 is 0 Å². The van der Waals surface area contributed by atoms with Crippen LogP contribution in [0.3, 0.4) is 0 Å². The highest BCUT2D eigenvalue weighted by Crippen LogP contribution is 2.36. The zero-order valence-electron chi connectivity index (χ0n) is 17.3. The van der Waals surface area contributed by atoms with Crippen molar-refractivity contribution in [1.29, 1.82) is 0 Å². The fourth-order valence-electron chi connectivity index (χ4n) is 3.75. The molecular formula is C23H23N3O5. The summed E-state index contributed by atoms with van der Waals surface area (Å²) in [5.74, 6) is 2.75. The van der Waals surface area contributed by atoms with Crippen LogP contribution in [0.4, 0.5) is 0 Å². The second-order valence-corrected chi connectivity index (χ2v) is 7.83. The molecule has 0 aliphatic carbocycles. The van der Waals surface area contributed by atoms with Crippen molar-refractivity contribution in [3.05, 3.63) is 53.7 Å². The zero-order valence-corrected chi connectivity index (χ0v) is 17.3. The van der Waals surface area contributed by atoms with Crippen LogP contribution in [0.25, 0.3) is 11.3 Å². The molecule has 0 spiro atoms. The average Bonchev–Trinajstić information content (AvgIpc) is 3.46. The maximum atomic E-state index is 13.0. The number of benzene rings is 2. The van der Waals surface area contributed by atoms with Crippen LogP contribution in [-0.4, -0.2) is 36.1 Å². The van der Waals surface area contributed by atoms with E-state index in [2.05, 4.69) is 29.4 Å². The quantitative estimate of drug-likeness (QED) is 0.652. The molecule has 1 aromatic heterocycles. The van der Waals surface area contributed by atoms with E-state index >= 15 is 0 Å². The van der Waals surface area contributed by atoms with Crippen LogP contribution in [0.1, 0.15) is 35.9 Å². The van der Waals surface area contributed by atoms with E-state index in [1.807, 2.05) is 36.4 Å². The molecule has 2 aromatic carbocycles. The highest BCUT2D eigenvalue weighted by atomic mass is 16.7. The van der Waals surface area contributed by atoms with Crippen LogP contribution in [0.15, 0.2) is 42.5 Å². The fraction of sp³-hybridized carbons (Fsp3) is 0.304. The van der Waals surface area contributed by atoms with Gasteiger partial charge in [0.25, 0.3) is 5.91 Å². The minimum absolute atomic E-state index is 0.169. The second-order valence-electron chi connectivity index (χ2n) is 7.83. The first-order valence-electron chi connectivity index (χ1n) is 10.2. The summed E-state index contributed by atoms with van der Waals surface area (Å²) >= 11 is 0. The number of rotatable bonds is 5. The number of carbonyl (C=O) groups excluding carboxylic acids is 1. The summed E-state index contributed by atoms with van der Waals surface area (Å²) in [7, 11) is 0. The van der Waals surface area contributed by atoms with Gasteiger partial charge in [-0.05, 0) is 47.9 Å². The molecule has 160 valence electrons. The highest BCUT2D eigenvalue weighted by molar-refractivity contribution is 5.93. The fourth-order valence-corrected chi connectivity index (χ4v) is 3.75. The number of ether oxygens (including phenoxy) is 4. The maximum absolute atomic E-state index is 13.0. The number of carbonyl (C=O) groups is 1. The predicted molar refractivity (Wildman–Crippen MR) is 113 cm³/mol. The van der Waals surface area contributed by atoms with Gasteiger partial charge in [-0.3, -0.25) is 9.89 Å². The lowest BCUT2D eigenvalue weighted by molar-refractivity contribution is 0.0920. The minimum Gasteiger partial charge on any atom is -0.486 e. The van der Waals surface area contributed by atoms with Crippen molar-refractivity contribution in [3.8, 4) is 34.3 Å². The van der Waals surface area contributed by atoms with E-state index in [0.717, 1.165) is 16.9 Å². The molecule has 0 fully saturated rings. The van der Waals surface area contributed by atoms with Crippen LogP contribution < -0.4 is 24.3 Å². The third kappa shape index (κ3) is 3.76. The highest BCUT2D eigenvalue weighted by Gasteiger charge is 2.23. The Bertz CT molecular complexity index is 1120. The third-order valence-corrected chi connectivity index (χ3v) is 5.37. The first-order valence-corrected chi connectivity index (χ1v) is 10.2. The predicted octanol–water partition coefficient (Wildman–Crippen LogP) is 3.70. The number of nitrogens with zero attached hydrogens (tertiary/aromatic N) is 1. The van der Waals surface area contributed by atoms with Crippen LogP contribution in [0.2, 0.25) is 0 Å². The summed E-state index contributed by atoms with van der Waals surface area (Å²) in [5, 5.41) is 10.2. The third-order valence-electron chi connectivity index (χ3n) is 5.37. The number of hydrogen-bond donors (Lipinski definition) is 2. The van der Waals surface area contributed by atoms with Gasteiger partial charge in [0.05, 0.1) is 11.7 Å². The van der Waals surface area contributed by atoms with Gasteiger partial charge in [0.15, 0.2) is 23.0 Å². The summed E-state index contributed by atoms with van der Waals surface area (Å²) < 4.78 is 22.1. The number of nitrogens with one attached hydrogen (secondary N) is 2. The van der Waals surface area contributed by atoms with Gasteiger partial charge in [-0.15, -0.1) is 0 Å². The Hall–Kier alpha value is -3.68. The number of amides is 1. The zero-order chi connectivity index (χ0) is 21.4. The smallest absolute Gasteiger partial charge is 0.269 e. The molecule has 0 saturated heterocycles. The van der Waals surface area contributed by atoms with Crippen molar-refractivity contribution in [1.82, 2.24) is 15.5 Å². The van der Waals surface area contributed by atoms with Crippen LogP contribution in [0, 0.1) is 5.92 Å². The molecule has 2 aliphatic heterocycles. The summed E-state index contributed by atoms with van der Waals surface area (Å²) in [6.45, 7) is 5.40. The first-order chi connectivity index (χ1) is 15.1. The van der Waals surface area contributed by atoms with Gasteiger partial charge < -0.3 is 24.3 Å². The van der Waals surface area contributed by atoms with Crippen LogP contribution in [-0.2, 0) is 0 Å². The molecular weight excluding hydrogens is 398 g/mol. The van der Waals surface area contributed by atoms with E-state index in [1.54, 1.807) is 6.07 Å². The topological polar surface area (TPSA) is 94.7 Å². The van der Waals surface area contributed by atoms with E-state index in [9.17, 15) is 4.79 Å². The summed E-state index contributed by atoms with van der Waals surface area (Å²) in [6.07, 6.45) is 0. The molecule has 2 aliphatic rings. The van der Waals surface area contributed by atoms with Crippen molar-refractivity contribution in [2.24, 2.45) is 5.92 Å². The van der Waals surface area contributed by atoms with Gasteiger partial charge in [0.2, 0.25) is 6.79 Å². The minimum atomic E-state index is -0.229. The van der Waals surface area contributed by atoms with Crippen molar-refractivity contribution in [2.75, 3.05) is 20.0 Å². The lowest BCUT2D eigenvalue weighted by Crippen LogP contribution is -2.32. The van der Waals surface area contributed by atoms with Gasteiger partial charge in [-0.1, -0.05) is 19.9 Å². The molecule has 3 aromatic rings. The maximum Gasteiger partial charge on any atom is 0.269 e. The van der Waals surface area contributed by atoms with Gasteiger partial charge in [-0.2, -0.15) is 5.10 Å². The summed E-state index contributed by atoms with van der Waals surface area (Å²) in [5.41, 5.74) is 2.84. The molecule has 0 unspecified atom stereocenters. The molecule has 1 atom stereocenters. The lowest BCUT2D eigenvalue weighted by Gasteiger charge is -2.25. The SMILES string of the molecule is CC(C)[C@H](NC(=O)c1cc(-c2ccc3c(c2)OCO3)n[nH]1)c1ccc2c(c1)OCCO2. The number of aromatic amines is 1. The molecule has 0 bridgehead atoms. The number of H-pyrrole nitrogens is 1. The second kappa shape index (κ2) is 7.86. The number of fused-ring (bicyclic) bond motifs is 2. The van der Waals surface area contributed by atoms with Crippen molar-refractivity contribution in [2.45, 2.75) is 19.9 Å². The van der Waals surface area contributed by atoms with Gasteiger partial charge in [0, 0.05) is 5.56 Å². The van der Waals surface area contributed by atoms with E-state index < -0.39 is 0 Å². The molecule has 0 radical (unpaired) electrons. The lowest BCUT2D eigenvalue weighted by atomic mass is 9.95. The molecule has 8 nitrogen and oxygen atoms in total. The molecule has 8 heteroatoms. The Balaban J connectivity index is 1.35. The Morgan fingerprint density at radius 2 is 1.65 bits per heavy atom. The Morgan fingerprint density at radius 3 is 2.48 bits per heavy atom. The monoisotopic (exact) mass is 421 g/mol. The van der Waals surface area contributed by atoms with Gasteiger partial charge in [0.1, 0.15) is 18.9 Å². The molecule has 5 rings (SSSR count). The first kappa shape index (κ1) is 19.3. The van der Waals surface area contributed by atoms with Crippen molar-refractivity contribution < 1.29 is 23.7 Å². The number of hydrogen-bond acceptors (Lipinski definition) is 6. The molecule has 0 saturated carbocycles. The largest absolute Gasteiger partial charge is 0.486 e. The molecule has 2 N–H and O–H groups in total. The van der Waals surface area contributed by atoms with Gasteiger partial charge in [-0.25, -0.2) is 0 Å². The van der Waals surface area contributed by atoms with E-state index in [4.69, 9.17) is 18.9 Å². The van der Waals surface area contributed by atoms with Crippen molar-refractivity contribution in [3.63, 3.8) is 0 Å². The normalized spacial score (nSPS) is 15.1. The molecule has 1 amide bonds. The summed E-state index contributed by atoms with van der Waals surface area (Å²) in [6, 6.07) is 12.9. The van der Waals surface area contributed by atoms with E-state index in [1.165, 1.54) is 0 Å². The van der Waals surface area contributed by atoms with E-state index in [0.29, 0.717) is 41.9 Å². The van der Waals surface area contributed by atoms with Crippen LogP contribution in [0.5, 0.6) is 23.0 Å².